The Balaban J connectivity index is 2.14. The van der Waals surface area contributed by atoms with E-state index in [0.29, 0.717) is 29.4 Å². The van der Waals surface area contributed by atoms with E-state index in [2.05, 4.69) is 6.92 Å². The van der Waals surface area contributed by atoms with E-state index in [-0.39, 0.29) is 5.91 Å². The molecule has 2 aromatic carbocycles. The summed E-state index contributed by atoms with van der Waals surface area (Å²) < 4.78 is 16.2. The minimum absolute atomic E-state index is 0.00453. The smallest absolute Gasteiger partial charge is 0.258 e. The molecule has 0 aromatic heterocycles. The van der Waals surface area contributed by atoms with E-state index < -0.39 is 0 Å². The first-order chi connectivity index (χ1) is 12.6. The van der Waals surface area contributed by atoms with Gasteiger partial charge in [0.25, 0.3) is 5.91 Å². The van der Waals surface area contributed by atoms with Crippen molar-refractivity contribution in [3.63, 3.8) is 0 Å². The Labute approximate surface area is 153 Å². The Morgan fingerprint density at radius 2 is 1.62 bits per heavy atom. The lowest BCUT2D eigenvalue weighted by Gasteiger charge is -2.15. The maximum absolute atomic E-state index is 13.0. The van der Waals surface area contributed by atoms with E-state index in [1.54, 1.807) is 27.4 Å². The maximum Gasteiger partial charge on any atom is 0.258 e. The topological polar surface area (TPSA) is 48.0 Å². The second-order valence-corrected chi connectivity index (χ2v) is 5.98. The average Bonchev–Trinajstić information content (AvgIpc) is 2.94. The lowest BCUT2D eigenvalue weighted by atomic mass is 10.0. The monoisotopic (exact) mass is 353 g/mol. The number of rotatable bonds is 6. The van der Waals surface area contributed by atoms with Gasteiger partial charge in [-0.05, 0) is 24.6 Å². The number of methoxy groups -OCH3 is 3. The fourth-order valence-electron chi connectivity index (χ4n) is 3.21. The van der Waals surface area contributed by atoms with Crippen LogP contribution in [0.1, 0.15) is 24.5 Å². The number of anilines is 1. The molecule has 0 N–H and O–H groups in total. The molecule has 0 atom stereocenters. The van der Waals surface area contributed by atoms with Gasteiger partial charge in [-0.2, -0.15) is 0 Å². The van der Waals surface area contributed by atoms with E-state index >= 15 is 0 Å². The zero-order valence-corrected chi connectivity index (χ0v) is 15.5. The van der Waals surface area contributed by atoms with Gasteiger partial charge in [-0.3, -0.25) is 4.79 Å². The molecule has 2 aromatic rings. The number of carbonyl (C=O) groups is 1. The maximum atomic E-state index is 13.0. The Kier molecular flexibility index (Phi) is 5.16. The van der Waals surface area contributed by atoms with E-state index in [1.807, 2.05) is 41.3 Å². The minimum atomic E-state index is 0.00453. The number of benzene rings is 2. The highest BCUT2D eigenvalue weighted by atomic mass is 16.5. The van der Waals surface area contributed by atoms with Gasteiger partial charge in [0.1, 0.15) is 5.75 Å². The number of hydrogen-bond donors (Lipinski definition) is 0. The highest BCUT2D eigenvalue weighted by Crippen LogP contribution is 2.41. The molecular weight excluding hydrogens is 330 g/mol. The summed E-state index contributed by atoms with van der Waals surface area (Å²) in [7, 11) is 4.76. The second-order valence-electron chi connectivity index (χ2n) is 5.98. The van der Waals surface area contributed by atoms with Crippen molar-refractivity contribution >= 4 is 23.2 Å². The summed E-state index contributed by atoms with van der Waals surface area (Å²) >= 11 is 0. The number of hydrogen-bond acceptors (Lipinski definition) is 4. The van der Waals surface area contributed by atoms with E-state index in [4.69, 9.17) is 14.2 Å². The van der Waals surface area contributed by atoms with E-state index in [9.17, 15) is 4.79 Å². The first-order valence-corrected chi connectivity index (χ1v) is 8.57. The number of amides is 1. The van der Waals surface area contributed by atoms with Gasteiger partial charge in [-0.1, -0.05) is 25.1 Å². The normalized spacial score (nSPS) is 14.5. The van der Waals surface area contributed by atoms with Crippen LogP contribution in [0.5, 0.6) is 17.2 Å². The van der Waals surface area contributed by atoms with Gasteiger partial charge >= 0.3 is 0 Å². The Morgan fingerprint density at radius 3 is 2.27 bits per heavy atom. The average molecular weight is 353 g/mol. The third kappa shape index (κ3) is 3.01. The van der Waals surface area contributed by atoms with Crippen molar-refractivity contribution < 1.29 is 19.0 Å². The quantitative estimate of drug-likeness (QED) is 0.736. The van der Waals surface area contributed by atoms with Crippen molar-refractivity contribution in [3.8, 4) is 17.2 Å². The van der Waals surface area contributed by atoms with Crippen LogP contribution in [-0.2, 0) is 4.79 Å². The summed E-state index contributed by atoms with van der Waals surface area (Å²) in [6.45, 7) is 2.76. The molecule has 26 heavy (non-hydrogen) atoms. The van der Waals surface area contributed by atoms with Gasteiger partial charge < -0.3 is 19.1 Å². The third-order valence-corrected chi connectivity index (χ3v) is 4.44. The molecule has 0 saturated heterocycles. The molecule has 0 aliphatic carbocycles. The van der Waals surface area contributed by atoms with E-state index in [1.165, 1.54) is 0 Å². The van der Waals surface area contributed by atoms with Crippen LogP contribution in [0, 0.1) is 0 Å². The zero-order valence-electron chi connectivity index (χ0n) is 15.5. The van der Waals surface area contributed by atoms with Crippen LogP contribution in [0.3, 0.4) is 0 Å². The zero-order chi connectivity index (χ0) is 18.7. The number of nitrogens with zero attached hydrogens (tertiary/aromatic N) is 1. The van der Waals surface area contributed by atoms with Gasteiger partial charge in [-0.15, -0.1) is 0 Å². The molecular formula is C21H23NO4. The molecule has 5 heteroatoms. The molecule has 1 heterocycles. The molecule has 1 amide bonds. The highest BCUT2D eigenvalue weighted by Gasteiger charge is 2.31. The standard InChI is InChI=1S/C21H23NO4/c1-5-10-22-17-9-7-6-8-15(17)16(21(22)23)11-14-12-19(25-3)20(26-4)13-18(14)24-2/h6-9,11-13H,5,10H2,1-4H3/b16-11-. The summed E-state index contributed by atoms with van der Waals surface area (Å²) in [5.74, 6) is 1.79. The number of fused-ring (bicyclic) bond motifs is 1. The van der Waals surface area contributed by atoms with Crippen LogP contribution in [0.4, 0.5) is 5.69 Å². The summed E-state index contributed by atoms with van der Waals surface area (Å²) in [5, 5.41) is 0. The molecule has 0 fully saturated rings. The molecule has 0 spiro atoms. The van der Waals surface area contributed by atoms with Crippen LogP contribution in [0.25, 0.3) is 11.6 Å². The van der Waals surface area contributed by atoms with Crippen LogP contribution in [0.2, 0.25) is 0 Å². The third-order valence-electron chi connectivity index (χ3n) is 4.44. The Morgan fingerprint density at radius 1 is 0.962 bits per heavy atom. The number of ether oxygens (including phenoxy) is 3. The van der Waals surface area contributed by atoms with Gasteiger partial charge in [0.15, 0.2) is 11.5 Å². The number of para-hydroxylation sites is 1. The van der Waals surface area contributed by atoms with Crippen molar-refractivity contribution in [2.24, 2.45) is 0 Å². The molecule has 0 bridgehead atoms. The van der Waals surface area contributed by atoms with Gasteiger partial charge in [0.2, 0.25) is 0 Å². The van der Waals surface area contributed by atoms with Crippen LogP contribution < -0.4 is 19.1 Å². The fourth-order valence-corrected chi connectivity index (χ4v) is 3.21. The largest absolute Gasteiger partial charge is 0.496 e. The summed E-state index contributed by atoms with van der Waals surface area (Å²) in [6, 6.07) is 11.4. The highest BCUT2D eigenvalue weighted by molar-refractivity contribution is 6.35. The fraction of sp³-hybridized carbons (Fsp3) is 0.286. The van der Waals surface area contributed by atoms with Gasteiger partial charge in [-0.25, -0.2) is 0 Å². The van der Waals surface area contributed by atoms with Crippen molar-refractivity contribution in [2.45, 2.75) is 13.3 Å². The molecule has 0 radical (unpaired) electrons. The predicted molar refractivity (Wildman–Crippen MR) is 103 cm³/mol. The summed E-state index contributed by atoms with van der Waals surface area (Å²) in [5.41, 5.74) is 3.30. The molecule has 0 saturated carbocycles. The van der Waals surface area contributed by atoms with Gasteiger partial charge in [0.05, 0.1) is 27.0 Å². The molecule has 1 aliphatic heterocycles. The van der Waals surface area contributed by atoms with Crippen molar-refractivity contribution in [1.82, 2.24) is 0 Å². The van der Waals surface area contributed by atoms with Crippen molar-refractivity contribution in [2.75, 3.05) is 32.8 Å². The molecule has 1 aliphatic rings. The van der Waals surface area contributed by atoms with Crippen LogP contribution in [0.15, 0.2) is 36.4 Å². The first kappa shape index (κ1) is 17.9. The minimum Gasteiger partial charge on any atom is -0.496 e. The number of carbonyl (C=O) groups excluding carboxylic acids is 1. The summed E-state index contributed by atoms with van der Waals surface area (Å²) in [6.07, 6.45) is 2.75. The second kappa shape index (κ2) is 7.52. The lowest BCUT2D eigenvalue weighted by Crippen LogP contribution is -2.26. The van der Waals surface area contributed by atoms with Crippen molar-refractivity contribution in [1.29, 1.82) is 0 Å². The summed E-state index contributed by atoms with van der Waals surface area (Å²) in [4.78, 5) is 14.8. The first-order valence-electron chi connectivity index (χ1n) is 8.57. The van der Waals surface area contributed by atoms with Gasteiger partial charge in [0, 0.05) is 29.3 Å². The molecule has 136 valence electrons. The Bertz CT molecular complexity index is 857. The molecule has 3 rings (SSSR count). The van der Waals surface area contributed by atoms with Crippen molar-refractivity contribution in [3.05, 3.63) is 47.5 Å². The molecule has 0 unspecified atom stereocenters. The lowest BCUT2D eigenvalue weighted by molar-refractivity contribution is -0.113. The van der Waals surface area contributed by atoms with E-state index in [0.717, 1.165) is 23.2 Å². The SMILES string of the molecule is CCCN1C(=O)/C(=C\c2cc(OC)c(OC)cc2OC)c2ccccc21. The predicted octanol–water partition coefficient (Wildman–Crippen LogP) is 4.01. The Hall–Kier alpha value is -2.95. The van der Waals surface area contributed by atoms with Crippen LogP contribution >= 0.6 is 0 Å². The molecule has 5 nitrogen and oxygen atoms in total. The van der Waals surface area contributed by atoms with Crippen LogP contribution in [-0.4, -0.2) is 33.8 Å².